The molecule has 0 saturated carbocycles. The number of nitrogens with zero attached hydrogens (tertiary/aromatic N) is 2. The molecule has 0 spiro atoms. The van der Waals surface area contributed by atoms with Crippen LogP contribution in [0.1, 0.15) is 16.3 Å². The number of aldehydes is 1. The minimum atomic E-state index is 0.416. The Morgan fingerprint density at radius 2 is 2.07 bits per heavy atom. The number of rotatable bonds is 3. The van der Waals surface area contributed by atoms with E-state index in [0.717, 1.165) is 44.8 Å². The lowest BCUT2D eigenvalue weighted by atomic mass is 10.3. The van der Waals surface area contributed by atoms with Gasteiger partial charge in [-0.25, -0.2) is 0 Å². The van der Waals surface area contributed by atoms with Crippen LogP contribution in [0.5, 0.6) is 0 Å². The average molecular weight is 208 g/mol. The molecule has 1 saturated heterocycles. The quantitative estimate of drug-likeness (QED) is 0.690. The second-order valence-corrected chi connectivity index (χ2v) is 4.00. The second kappa shape index (κ2) is 4.59. The van der Waals surface area contributed by atoms with Crippen LogP contribution in [-0.4, -0.2) is 49.3 Å². The number of likely N-dealkylation sites (N-methyl/N-ethyl adjacent to an activating group) is 1. The molecule has 0 aliphatic carbocycles. The van der Waals surface area contributed by atoms with Crippen molar-refractivity contribution >= 4 is 6.29 Å². The third kappa shape index (κ3) is 2.67. The van der Waals surface area contributed by atoms with Crippen molar-refractivity contribution in [2.75, 3.05) is 33.2 Å². The first-order chi connectivity index (χ1) is 7.28. The van der Waals surface area contributed by atoms with Crippen LogP contribution in [0.15, 0.2) is 16.5 Å². The third-order valence-electron chi connectivity index (χ3n) is 2.77. The van der Waals surface area contributed by atoms with E-state index in [4.69, 9.17) is 4.42 Å². The second-order valence-electron chi connectivity index (χ2n) is 4.00. The first-order valence-corrected chi connectivity index (χ1v) is 5.23. The van der Waals surface area contributed by atoms with Gasteiger partial charge in [-0.2, -0.15) is 0 Å². The summed E-state index contributed by atoms with van der Waals surface area (Å²) in [6.45, 7) is 5.13. The zero-order valence-corrected chi connectivity index (χ0v) is 8.98. The van der Waals surface area contributed by atoms with E-state index in [-0.39, 0.29) is 0 Å². The number of hydrogen-bond donors (Lipinski definition) is 0. The van der Waals surface area contributed by atoms with Crippen molar-refractivity contribution < 1.29 is 9.21 Å². The van der Waals surface area contributed by atoms with Crippen LogP contribution in [-0.2, 0) is 6.54 Å². The number of carbonyl (C=O) groups excluding carboxylic acids is 1. The molecule has 4 nitrogen and oxygen atoms in total. The lowest BCUT2D eigenvalue weighted by Gasteiger charge is -2.31. The fraction of sp³-hybridized carbons (Fsp3) is 0.545. The molecule has 0 radical (unpaired) electrons. The van der Waals surface area contributed by atoms with E-state index >= 15 is 0 Å². The number of piperazine rings is 1. The van der Waals surface area contributed by atoms with Gasteiger partial charge >= 0.3 is 0 Å². The third-order valence-corrected chi connectivity index (χ3v) is 2.77. The minimum absolute atomic E-state index is 0.416. The fourth-order valence-corrected chi connectivity index (χ4v) is 1.77. The van der Waals surface area contributed by atoms with Gasteiger partial charge in [0.1, 0.15) is 5.76 Å². The Morgan fingerprint density at radius 3 is 2.67 bits per heavy atom. The highest BCUT2D eigenvalue weighted by atomic mass is 16.3. The molecule has 15 heavy (non-hydrogen) atoms. The van der Waals surface area contributed by atoms with E-state index in [9.17, 15) is 4.79 Å². The Labute approximate surface area is 89.5 Å². The van der Waals surface area contributed by atoms with Gasteiger partial charge < -0.3 is 9.32 Å². The molecule has 1 aliphatic rings. The lowest BCUT2D eigenvalue weighted by molar-refractivity contribution is 0.109. The molecule has 1 aliphatic heterocycles. The van der Waals surface area contributed by atoms with Crippen molar-refractivity contribution in [3.63, 3.8) is 0 Å². The highest BCUT2D eigenvalue weighted by molar-refractivity contribution is 5.70. The zero-order chi connectivity index (χ0) is 10.7. The Morgan fingerprint density at radius 1 is 1.33 bits per heavy atom. The number of carbonyl (C=O) groups is 1. The van der Waals surface area contributed by atoms with E-state index in [1.54, 1.807) is 6.07 Å². The molecule has 2 rings (SSSR count). The van der Waals surface area contributed by atoms with E-state index in [1.165, 1.54) is 0 Å². The van der Waals surface area contributed by atoms with Crippen LogP contribution in [0, 0.1) is 0 Å². The molecule has 82 valence electrons. The molecule has 0 amide bonds. The standard InChI is InChI=1S/C11H16N2O2/c1-12-4-6-13(7-5-12)8-10-2-3-11(9-14)15-10/h2-3,9H,4-8H2,1H3. The molecular formula is C11H16N2O2. The van der Waals surface area contributed by atoms with Crippen LogP contribution in [0.4, 0.5) is 0 Å². The maximum absolute atomic E-state index is 10.4. The van der Waals surface area contributed by atoms with Crippen molar-refractivity contribution in [1.82, 2.24) is 9.80 Å². The fourth-order valence-electron chi connectivity index (χ4n) is 1.77. The van der Waals surface area contributed by atoms with E-state index in [1.807, 2.05) is 6.07 Å². The van der Waals surface area contributed by atoms with Gasteiger partial charge in [0.25, 0.3) is 0 Å². The minimum Gasteiger partial charge on any atom is -0.457 e. The van der Waals surface area contributed by atoms with Crippen LogP contribution in [0.25, 0.3) is 0 Å². The maximum atomic E-state index is 10.4. The topological polar surface area (TPSA) is 36.7 Å². The lowest BCUT2D eigenvalue weighted by Crippen LogP contribution is -2.43. The van der Waals surface area contributed by atoms with Gasteiger partial charge in [-0.05, 0) is 19.2 Å². The van der Waals surface area contributed by atoms with Gasteiger partial charge in [0.15, 0.2) is 12.0 Å². The summed E-state index contributed by atoms with van der Waals surface area (Å²) >= 11 is 0. The average Bonchev–Trinajstić information content (AvgIpc) is 2.69. The molecule has 0 aromatic carbocycles. The van der Waals surface area contributed by atoms with Crippen molar-refractivity contribution in [2.45, 2.75) is 6.54 Å². The Kier molecular flexibility index (Phi) is 3.18. The van der Waals surface area contributed by atoms with Crippen molar-refractivity contribution in [3.05, 3.63) is 23.7 Å². The van der Waals surface area contributed by atoms with Gasteiger partial charge in [-0.3, -0.25) is 9.69 Å². The van der Waals surface area contributed by atoms with Crippen LogP contribution in [0.2, 0.25) is 0 Å². The monoisotopic (exact) mass is 208 g/mol. The van der Waals surface area contributed by atoms with Crippen LogP contribution < -0.4 is 0 Å². The van der Waals surface area contributed by atoms with Crippen molar-refractivity contribution in [1.29, 1.82) is 0 Å². The molecule has 0 unspecified atom stereocenters. The molecular weight excluding hydrogens is 192 g/mol. The van der Waals surface area contributed by atoms with Crippen molar-refractivity contribution in [3.8, 4) is 0 Å². The molecule has 4 heteroatoms. The largest absolute Gasteiger partial charge is 0.457 e. The summed E-state index contributed by atoms with van der Waals surface area (Å²) < 4.78 is 5.34. The van der Waals surface area contributed by atoms with Gasteiger partial charge in [-0.15, -0.1) is 0 Å². The molecule has 0 atom stereocenters. The van der Waals surface area contributed by atoms with Crippen LogP contribution in [0.3, 0.4) is 0 Å². The zero-order valence-electron chi connectivity index (χ0n) is 8.98. The summed E-state index contributed by atoms with van der Waals surface area (Å²) in [7, 11) is 2.13. The predicted octanol–water partition coefficient (Wildman–Crippen LogP) is 0.839. The molecule has 2 heterocycles. The summed E-state index contributed by atoms with van der Waals surface area (Å²) in [4.78, 5) is 15.1. The summed E-state index contributed by atoms with van der Waals surface area (Å²) in [5.74, 6) is 1.29. The highest BCUT2D eigenvalue weighted by Crippen LogP contribution is 2.10. The molecule has 1 aromatic heterocycles. The highest BCUT2D eigenvalue weighted by Gasteiger charge is 2.15. The van der Waals surface area contributed by atoms with Gasteiger partial charge in [0.05, 0.1) is 6.54 Å². The van der Waals surface area contributed by atoms with E-state index in [0.29, 0.717) is 5.76 Å². The smallest absolute Gasteiger partial charge is 0.185 e. The van der Waals surface area contributed by atoms with Gasteiger partial charge in [0, 0.05) is 26.2 Å². The first kappa shape index (κ1) is 10.4. The van der Waals surface area contributed by atoms with E-state index in [2.05, 4.69) is 16.8 Å². The summed E-state index contributed by atoms with van der Waals surface area (Å²) in [5, 5.41) is 0. The van der Waals surface area contributed by atoms with Crippen LogP contribution >= 0.6 is 0 Å². The summed E-state index contributed by atoms with van der Waals surface area (Å²) in [6.07, 6.45) is 0.744. The van der Waals surface area contributed by atoms with Gasteiger partial charge in [0.2, 0.25) is 0 Å². The van der Waals surface area contributed by atoms with E-state index < -0.39 is 0 Å². The SMILES string of the molecule is CN1CCN(Cc2ccc(C=O)o2)CC1. The van der Waals surface area contributed by atoms with Crippen molar-refractivity contribution in [2.24, 2.45) is 0 Å². The Hall–Kier alpha value is -1.13. The Bertz CT molecular complexity index is 327. The number of furan rings is 1. The molecule has 0 bridgehead atoms. The first-order valence-electron chi connectivity index (χ1n) is 5.23. The molecule has 1 fully saturated rings. The summed E-state index contributed by atoms with van der Waals surface area (Å²) in [5.41, 5.74) is 0. The maximum Gasteiger partial charge on any atom is 0.185 e. The summed E-state index contributed by atoms with van der Waals surface area (Å²) in [6, 6.07) is 3.60. The molecule has 1 aromatic rings. The Balaban J connectivity index is 1.88. The number of hydrogen-bond acceptors (Lipinski definition) is 4. The normalized spacial score (nSPS) is 19.3. The molecule has 0 N–H and O–H groups in total. The predicted molar refractivity (Wildman–Crippen MR) is 56.9 cm³/mol. The van der Waals surface area contributed by atoms with Gasteiger partial charge in [-0.1, -0.05) is 0 Å².